The number of nitrogens with zero attached hydrogens (tertiary/aromatic N) is 1. The van der Waals surface area contributed by atoms with Crippen LogP contribution in [0.2, 0.25) is 0 Å². The lowest BCUT2D eigenvalue weighted by molar-refractivity contribution is 0.0517. The smallest absolute Gasteiger partial charge is 0.410 e. The number of piperidine rings is 1. The topological polar surface area (TPSA) is 49.8 Å². The predicted molar refractivity (Wildman–Crippen MR) is 72.6 cm³/mol. The number of ether oxygens (including phenoxy) is 1. The molecule has 1 heterocycles. The van der Waals surface area contributed by atoms with Gasteiger partial charge in [-0.25, -0.2) is 4.79 Å². The number of carbonyl (C=O) groups is 1. The molecule has 19 heavy (non-hydrogen) atoms. The third-order valence-corrected chi connectivity index (χ3v) is 3.68. The fraction of sp³-hybridized carbons (Fsp3) is 0.533. The van der Waals surface area contributed by atoms with Gasteiger partial charge in [0.1, 0.15) is 6.61 Å². The molecule has 104 valence electrons. The highest BCUT2D eigenvalue weighted by Crippen LogP contribution is 2.23. The van der Waals surface area contributed by atoms with Crippen LogP contribution in [-0.2, 0) is 11.3 Å². The summed E-state index contributed by atoms with van der Waals surface area (Å²) in [7, 11) is 0. The van der Waals surface area contributed by atoms with Crippen LogP contribution in [0.25, 0.3) is 0 Å². The summed E-state index contributed by atoms with van der Waals surface area (Å²) in [5.74, 6) is 0.313. The third-order valence-electron chi connectivity index (χ3n) is 3.68. The Morgan fingerprint density at radius 2 is 2.16 bits per heavy atom. The van der Waals surface area contributed by atoms with Gasteiger partial charge in [-0.3, -0.25) is 0 Å². The summed E-state index contributed by atoms with van der Waals surface area (Å²) in [6, 6.07) is 9.81. The lowest BCUT2D eigenvalue weighted by Gasteiger charge is -2.36. The first-order valence-electron chi connectivity index (χ1n) is 6.79. The predicted octanol–water partition coefficient (Wildman–Crippen LogP) is 2.42. The molecule has 0 spiro atoms. The van der Waals surface area contributed by atoms with E-state index in [1.54, 1.807) is 4.90 Å². The second-order valence-corrected chi connectivity index (χ2v) is 5.16. The standard InChI is InChI=1S/C15H21NO3/c1-12-9-14(10-17)7-8-16(12)15(18)19-11-13-5-3-2-4-6-13/h2-6,12,14,17H,7-11H2,1H3. The number of benzene rings is 1. The minimum Gasteiger partial charge on any atom is -0.445 e. The Bertz CT molecular complexity index is 407. The first-order valence-corrected chi connectivity index (χ1v) is 6.79. The number of aliphatic hydroxyl groups is 1. The molecule has 0 aromatic heterocycles. The third kappa shape index (κ3) is 3.70. The van der Waals surface area contributed by atoms with Crippen LogP contribution in [0.15, 0.2) is 30.3 Å². The van der Waals surface area contributed by atoms with E-state index in [0.717, 1.165) is 18.4 Å². The number of hydrogen-bond donors (Lipinski definition) is 1. The summed E-state index contributed by atoms with van der Waals surface area (Å²) in [4.78, 5) is 13.8. The van der Waals surface area contributed by atoms with Crippen molar-refractivity contribution in [1.82, 2.24) is 4.90 Å². The van der Waals surface area contributed by atoms with E-state index in [1.807, 2.05) is 37.3 Å². The van der Waals surface area contributed by atoms with Gasteiger partial charge < -0.3 is 14.7 Å². The van der Waals surface area contributed by atoms with Gasteiger partial charge >= 0.3 is 6.09 Å². The Morgan fingerprint density at radius 1 is 1.42 bits per heavy atom. The zero-order valence-electron chi connectivity index (χ0n) is 11.3. The number of carbonyl (C=O) groups excluding carboxylic acids is 1. The molecule has 1 aromatic carbocycles. The molecule has 2 atom stereocenters. The molecule has 0 radical (unpaired) electrons. The fourth-order valence-corrected chi connectivity index (χ4v) is 2.51. The van der Waals surface area contributed by atoms with E-state index in [0.29, 0.717) is 19.1 Å². The van der Waals surface area contributed by atoms with Crippen molar-refractivity contribution >= 4 is 6.09 Å². The van der Waals surface area contributed by atoms with Crippen molar-refractivity contribution in [2.45, 2.75) is 32.4 Å². The van der Waals surface area contributed by atoms with Gasteiger partial charge in [0.25, 0.3) is 0 Å². The van der Waals surface area contributed by atoms with Crippen molar-refractivity contribution < 1.29 is 14.6 Å². The van der Waals surface area contributed by atoms with Gasteiger partial charge in [-0.05, 0) is 31.2 Å². The molecule has 1 aliphatic rings. The van der Waals surface area contributed by atoms with Crippen molar-refractivity contribution in [3.63, 3.8) is 0 Å². The van der Waals surface area contributed by atoms with Crippen molar-refractivity contribution in [2.24, 2.45) is 5.92 Å². The van der Waals surface area contributed by atoms with Crippen molar-refractivity contribution in [3.05, 3.63) is 35.9 Å². The van der Waals surface area contributed by atoms with Crippen LogP contribution < -0.4 is 0 Å². The zero-order valence-corrected chi connectivity index (χ0v) is 11.3. The molecular formula is C15H21NO3. The Kier molecular flexibility index (Phi) is 4.80. The van der Waals surface area contributed by atoms with Gasteiger partial charge in [-0.1, -0.05) is 30.3 Å². The SMILES string of the molecule is CC1CC(CO)CCN1C(=O)OCc1ccccc1. The van der Waals surface area contributed by atoms with Crippen LogP contribution in [0.5, 0.6) is 0 Å². The molecule has 1 fully saturated rings. The molecule has 1 aliphatic heterocycles. The normalized spacial score (nSPS) is 23.2. The van der Waals surface area contributed by atoms with E-state index in [4.69, 9.17) is 9.84 Å². The number of aliphatic hydroxyl groups excluding tert-OH is 1. The molecule has 1 saturated heterocycles. The van der Waals surface area contributed by atoms with Crippen LogP contribution in [0, 0.1) is 5.92 Å². The maximum absolute atomic E-state index is 12.0. The van der Waals surface area contributed by atoms with Gasteiger partial charge in [-0.15, -0.1) is 0 Å². The monoisotopic (exact) mass is 263 g/mol. The van der Waals surface area contributed by atoms with Gasteiger partial charge in [-0.2, -0.15) is 0 Å². The molecule has 4 heteroatoms. The first kappa shape index (κ1) is 13.9. The summed E-state index contributed by atoms with van der Waals surface area (Å²) in [6.45, 7) is 3.19. The molecule has 1 aromatic rings. The molecule has 1 N–H and O–H groups in total. The molecule has 2 unspecified atom stereocenters. The maximum atomic E-state index is 12.0. The average Bonchev–Trinajstić information content (AvgIpc) is 2.45. The summed E-state index contributed by atoms with van der Waals surface area (Å²) in [5.41, 5.74) is 0.994. The molecule has 0 saturated carbocycles. The number of rotatable bonds is 3. The Hall–Kier alpha value is -1.55. The van der Waals surface area contributed by atoms with E-state index in [1.165, 1.54) is 0 Å². The Morgan fingerprint density at radius 3 is 2.79 bits per heavy atom. The highest BCUT2D eigenvalue weighted by Gasteiger charge is 2.29. The van der Waals surface area contributed by atoms with E-state index < -0.39 is 0 Å². The van der Waals surface area contributed by atoms with Gasteiger partial charge in [0.2, 0.25) is 0 Å². The highest BCUT2D eigenvalue weighted by atomic mass is 16.6. The Labute approximate surface area is 114 Å². The quantitative estimate of drug-likeness (QED) is 0.911. The van der Waals surface area contributed by atoms with E-state index in [-0.39, 0.29) is 18.7 Å². The second-order valence-electron chi connectivity index (χ2n) is 5.16. The minimum atomic E-state index is -0.257. The van der Waals surface area contributed by atoms with Crippen molar-refractivity contribution in [1.29, 1.82) is 0 Å². The largest absolute Gasteiger partial charge is 0.445 e. The zero-order chi connectivity index (χ0) is 13.7. The molecule has 0 aliphatic carbocycles. The van der Waals surface area contributed by atoms with Gasteiger partial charge in [0, 0.05) is 19.2 Å². The van der Waals surface area contributed by atoms with Crippen molar-refractivity contribution in [3.8, 4) is 0 Å². The number of hydrogen-bond acceptors (Lipinski definition) is 3. The van der Waals surface area contributed by atoms with Gasteiger partial charge in [0.05, 0.1) is 0 Å². The lowest BCUT2D eigenvalue weighted by atomic mass is 9.93. The van der Waals surface area contributed by atoms with Crippen LogP contribution in [0.1, 0.15) is 25.3 Å². The summed E-state index contributed by atoms with van der Waals surface area (Å²) in [5, 5.41) is 9.15. The van der Waals surface area contributed by atoms with Gasteiger partial charge in [0.15, 0.2) is 0 Å². The minimum absolute atomic E-state index is 0.133. The summed E-state index contributed by atoms with van der Waals surface area (Å²) in [6.07, 6.45) is 1.44. The molecule has 0 bridgehead atoms. The van der Waals surface area contributed by atoms with E-state index in [2.05, 4.69) is 0 Å². The Balaban J connectivity index is 1.83. The molecular weight excluding hydrogens is 242 g/mol. The molecule has 4 nitrogen and oxygen atoms in total. The van der Waals surface area contributed by atoms with Crippen LogP contribution in [0.3, 0.4) is 0 Å². The number of likely N-dealkylation sites (tertiary alicyclic amines) is 1. The van der Waals surface area contributed by atoms with Crippen molar-refractivity contribution in [2.75, 3.05) is 13.2 Å². The molecule has 2 rings (SSSR count). The lowest BCUT2D eigenvalue weighted by Crippen LogP contribution is -2.45. The summed E-state index contributed by atoms with van der Waals surface area (Å²) < 4.78 is 5.33. The summed E-state index contributed by atoms with van der Waals surface area (Å²) >= 11 is 0. The average molecular weight is 263 g/mol. The van der Waals surface area contributed by atoms with E-state index in [9.17, 15) is 4.79 Å². The van der Waals surface area contributed by atoms with Crippen LogP contribution in [-0.4, -0.2) is 35.3 Å². The fourth-order valence-electron chi connectivity index (χ4n) is 2.51. The number of amides is 1. The van der Waals surface area contributed by atoms with E-state index >= 15 is 0 Å². The highest BCUT2D eigenvalue weighted by molar-refractivity contribution is 5.68. The van der Waals surface area contributed by atoms with Crippen LogP contribution in [0.4, 0.5) is 4.79 Å². The maximum Gasteiger partial charge on any atom is 0.410 e. The van der Waals surface area contributed by atoms with Crippen LogP contribution >= 0.6 is 0 Å². The first-order chi connectivity index (χ1) is 9.20. The molecule has 1 amide bonds. The second kappa shape index (κ2) is 6.57.